The second-order valence-corrected chi connectivity index (χ2v) is 8.47. The number of methoxy groups -OCH3 is 1. The van der Waals surface area contributed by atoms with E-state index in [1.54, 1.807) is 13.3 Å². The van der Waals surface area contributed by atoms with Gasteiger partial charge in [-0.15, -0.1) is 0 Å². The van der Waals surface area contributed by atoms with Crippen molar-refractivity contribution in [3.8, 4) is 16.9 Å². The van der Waals surface area contributed by atoms with Crippen LogP contribution in [0.25, 0.3) is 22.2 Å². The van der Waals surface area contributed by atoms with Crippen LogP contribution in [0.4, 0.5) is 5.82 Å². The molecule has 0 atom stereocenters. The first-order valence-corrected chi connectivity index (χ1v) is 10.8. The molecule has 0 amide bonds. The molecule has 32 heavy (non-hydrogen) atoms. The Hall–Kier alpha value is -3.52. The van der Waals surface area contributed by atoms with Gasteiger partial charge in [0.05, 0.1) is 37.3 Å². The van der Waals surface area contributed by atoms with Gasteiger partial charge in [0.1, 0.15) is 22.6 Å². The summed E-state index contributed by atoms with van der Waals surface area (Å²) < 4.78 is 7.46. The van der Waals surface area contributed by atoms with Crippen molar-refractivity contribution >= 4 is 16.9 Å². The third-order valence-corrected chi connectivity index (χ3v) is 6.03. The molecule has 8 heteroatoms. The Morgan fingerprint density at radius 3 is 2.66 bits per heavy atom. The minimum absolute atomic E-state index is 0.601. The van der Waals surface area contributed by atoms with Gasteiger partial charge in [0.2, 0.25) is 0 Å². The summed E-state index contributed by atoms with van der Waals surface area (Å²) >= 11 is 0. The number of ether oxygens (including phenoxy) is 1. The normalized spacial score (nSPS) is 15.8. The van der Waals surface area contributed by atoms with Gasteiger partial charge in [-0.3, -0.25) is 9.67 Å². The summed E-state index contributed by atoms with van der Waals surface area (Å²) in [6, 6.07) is 9.78. The molecular formula is C24H26N6O2. The maximum absolute atomic E-state index is 10.3. The van der Waals surface area contributed by atoms with Gasteiger partial charge in [-0.2, -0.15) is 5.10 Å². The van der Waals surface area contributed by atoms with Crippen molar-refractivity contribution in [1.82, 2.24) is 24.7 Å². The van der Waals surface area contributed by atoms with Crippen LogP contribution in [0.1, 0.15) is 25.5 Å². The number of aromatic nitrogens is 5. The molecule has 0 saturated carbocycles. The lowest BCUT2D eigenvalue weighted by Gasteiger charge is -2.36. The van der Waals surface area contributed by atoms with Crippen molar-refractivity contribution in [2.24, 2.45) is 0 Å². The molecule has 1 saturated heterocycles. The van der Waals surface area contributed by atoms with E-state index in [0.717, 1.165) is 46.8 Å². The number of anilines is 1. The predicted octanol–water partition coefficient (Wildman–Crippen LogP) is 3.30. The zero-order valence-electron chi connectivity index (χ0n) is 18.3. The summed E-state index contributed by atoms with van der Waals surface area (Å²) in [4.78, 5) is 16.2. The third-order valence-electron chi connectivity index (χ3n) is 6.03. The number of hydrogen-bond donors (Lipinski definition) is 1. The smallest absolute Gasteiger partial charge is 0.148 e. The Kier molecular flexibility index (Phi) is 5.22. The van der Waals surface area contributed by atoms with E-state index in [2.05, 4.69) is 15.0 Å². The monoisotopic (exact) mass is 430 g/mol. The van der Waals surface area contributed by atoms with Crippen molar-refractivity contribution < 1.29 is 9.84 Å². The van der Waals surface area contributed by atoms with E-state index >= 15 is 0 Å². The van der Waals surface area contributed by atoms with Crippen LogP contribution in [0, 0.1) is 0 Å². The van der Waals surface area contributed by atoms with Crippen molar-refractivity contribution in [2.45, 2.75) is 31.9 Å². The molecule has 164 valence electrons. The SMILES string of the molecule is COc1ccc(-c2cnn(Cc3ccccn3)c2)c2ncc(N3CCC(C)(O)CC3)nc12. The standard InChI is InChI=1S/C24H26N6O2/c1-24(31)8-11-29(12-9-24)21-14-26-22-19(6-7-20(32-2)23(22)28-21)17-13-27-30(15-17)16-18-5-3-4-10-25-18/h3-7,10,13-15,31H,8-9,11-12,16H2,1-2H3. The van der Waals surface area contributed by atoms with Crippen molar-refractivity contribution in [2.75, 3.05) is 25.1 Å². The molecule has 0 aliphatic carbocycles. The molecule has 4 aromatic rings. The second-order valence-electron chi connectivity index (χ2n) is 8.47. The van der Waals surface area contributed by atoms with E-state index in [-0.39, 0.29) is 0 Å². The number of piperidine rings is 1. The molecule has 8 nitrogen and oxygen atoms in total. The summed E-state index contributed by atoms with van der Waals surface area (Å²) in [7, 11) is 1.64. The van der Waals surface area contributed by atoms with Gasteiger partial charge in [0, 0.05) is 36.6 Å². The molecule has 0 spiro atoms. The molecule has 5 rings (SSSR count). The predicted molar refractivity (Wildman–Crippen MR) is 123 cm³/mol. The van der Waals surface area contributed by atoms with E-state index in [1.165, 1.54) is 0 Å². The number of rotatable bonds is 5. The maximum Gasteiger partial charge on any atom is 0.148 e. The van der Waals surface area contributed by atoms with E-state index < -0.39 is 5.60 Å². The molecule has 0 unspecified atom stereocenters. The molecule has 3 aromatic heterocycles. The molecule has 1 fully saturated rings. The molecule has 0 bridgehead atoms. The Balaban J connectivity index is 1.48. The van der Waals surface area contributed by atoms with Gasteiger partial charge in [0.25, 0.3) is 0 Å². The number of benzene rings is 1. The van der Waals surface area contributed by atoms with E-state index in [0.29, 0.717) is 25.1 Å². The summed E-state index contributed by atoms with van der Waals surface area (Å²) in [5.41, 5.74) is 3.75. The van der Waals surface area contributed by atoms with Gasteiger partial charge in [-0.1, -0.05) is 6.07 Å². The highest BCUT2D eigenvalue weighted by Crippen LogP contribution is 2.34. The number of hydrogen-bond acceptors (Lipinski definition) is 7. The fourth-order valence-corrected chi connectivity index (χ4v) is 4.08. The summed E-state index contributed by atoms with van der Waals surface area (Å²) in [6.07, 6.45) is 8.85. The summed E-state index contributed by atoms with van der Waals surface area (Å²) in [5.74, 6) is 1.48. The lowest BCUT2D eigenvalue weighted by atomic mass is 9.94. The van der Waals surface area contributed by atoms with Crippen LogP contribution in [0.5, 0.6) is 5.75 Å². The first kappa shape index (κ1) is 20.4. The highest BCUT2D eigenvalue weighted by Gasteiger charge is 2.28. The highest BCUT2D eigenvalue weighted by molar-refractivity contribution is 5.95. The zero-order valence-corrected chi connectivity index (χ0v) is 18.3. The van der Waals surface area contributed by atoms with Crippen molar-refractivity contribution in [3.05, 3.63) is 60.8 Å². The number of pyridine rings is 1. The minimum Gasteiger partial charge on any atom is -0.494 e. The summed E-state index contributed by atoms with van der Waals surface area (Å²) in [6.45, 7) is 3.98. The topological polar surface area (TPSA) is 89.2 Å². The second kappa shape index (κ2) is 8.20. The van der Waals surface area contributed by atoms with Gasteiger partial charge in [-0.25, -0.2) is 9.97 Å². The number of fused-ring (bicyclic) bond motifs is 1. The molecule has 4 heterocycles. The average Bonchev–Trinajstić information content (AvgIpc) is 3.27. The van der Waals surface area contributed by atoms with Crippen LogP contribution in [0.3, 0.4) is 0 Å². The maximum atomic E-state index is 10.3. The van der Waals surface area contributed by atoms with Crippen molar-refractivity contribution in [3.63, 3.8) is 0 Å². The highest BCUT2D eigenvalue weighted by atomic mass is 16.5. The van der Waals surface area contributed by atoms with Crippen LogP contribution >= 0.6 is 0 Å². The minimum atomic E-state index is -0.610. The van der Waals surface area contributed by atoms with Gasteiger partial charge >= 0.3 is 0 Å². The number of nitrogens with zero attached hydrogens (tertiary/aromatic N) is 6. The first-order valence-electron chi connectivity index (χ1n) is 10.8. The molecule has 1 aliphatic heterocycles. The molecule has 1 aromatic carbocycles. The van der Waals surface area contributed by atoms with Gasteiger partial charge in [-0.05, 0) is 44.0 Å². The van der Waals surface area contributed by atoms with Crippen LogP contribution in [0.15, 0.2) is 55.1 Å². The zero-order chi connectivity index (χ0) is 22.1. The average molecular weight is 431 g/mol. The Morgan fingerprint density at radius 2 is 1.91 bits per heavy atom. The van der Waals surface area contributed by atoms with E-state index in [4.69, 9.17) is 14.7 Å². The van der Waals surface area contributed by atoms with E-state index in [1.807, 2.05) is 60.5 Å². The molecule has 0 radical (unpaired) electrons. The Bertz CT molecular complexity index is 1230. The quantitative estimate of drug-likeness (QED) is 0.520. The largest absolute Gasteiger partial charge is 0.494 e. The molecule has 1 N–H and O–H groups in total. The summed E-state index contributed by atoms with van der Waals surface area (Å²) in [5, 5.41) is 14.8. The van der Waals surface area contributed by atoms with Gasteiger partial charge in [0.15, 0.2) is 0 Å². The Labute approximate surface area is 186 Å². The third kappa shape index (κ3) is 4.01. The van der Waals surface area contributed by atoms with E-state index in [9.17, 15) is 5.11 Å². The molecule has 1 aliphatic rings. The Morgan fingerprint density at radius 1 is 1.06 bits per heavy atom. The fourth-order valence-electron chi connectivity index (χ4n) is 4.08. The lowest BCUT2D eigenvalue weighted by molar-refractivity contribution is 0.0350. The van der Waals surface area contributed by atoms with Gasteiger partial charge < -0.3 is 14.7 Å². The van der Waals surface area contributed by atoms with Crippen LogP contribution in [0.2, 0.25) is 0 Å². The lowest BCUT2D eigenvalue weighted by Crippen LogP contribution is -2.42. The van der Waals surface area contributed by atoms with Crippen LogP contribution in [-0.2, 0) is 6.54 Å². The van der Waals surface area contributed by atoms with Crippen molar-refractivity contribution in [1.29, 1.82) is 0 Å². The number of aliphatic hydroxyl groups is 1. The van der Waals surface area contributed by atoms with Crippen LogP contribution < -0.4 is 9.64 Å². The molecular weight excluding hydrogens is 404 g/mol. The fraction of sp³-hybridized carbons (Fsp3) is 0.333. The first-order chi connectivity index (χ1) is 15.5. The van der Waals surface area contributed by atoms with Crippen LogP contribution in [-0.4, -0.2) is 55.6 Å².